The largest absolute Gasteiger partial charge is 0.493 e. The van der Waals surface area contributed by atoms with Crippen molar-refractivity contribution in [1.82, 2.24) is 30.4 Å². The number of methoxy groups -OCH3 is 2. The minimum Gasteiger partial charge on any atom is -0.493 e. The number of carbonyl (C=O) groups is 2. The average molecular weight is 565 g/mol. The summed E-state index contributed by atoms with van der Waals surface area (Å²) in [6, 6.07) is 10.2. The van der Waals surface area contributed by atoms with Crippen molar-refractivity contribution in [3.8, 4) is 22.9 Å². The smallest absolute Gasteiger partial charge is 0.247 e. The first-order valence-corrected chi connectivity index (χ1v) is 14.3. The lowest BCUT2D eigenvalue weighted by Gasteiger charge is -2.37. The quantitative estimate of drug-likeness (QED) is 0.387. The van der Waals surface area contributed by atoms with Gasteiger partial charge in [-0.05, 0) is 66.8 Å². The van der Waals surface area contributed by atoms with E-state index in [-0.39, 0.29) is 30.4 Å². The molecule has 11 heteroatoms. The minimum absolute atomic E-state index is 0.0701. The van der Waals surface area contributed by atoms with Gasteiger partial charge in [-0.2, -0.15) is 4.80 Å². The van der Waals surface area contributed by atoms with Crippen LogP contribution in [0.2, 0.25) is 0 Å². The van der Waals surface area contributed by atoms with Crippen molar-refractivity contribution < 1.29 is 23.5 Å². The summed E-state index contributed by atoms with van der Waals surface area (Å²) in [5, 5.41) is 15.9. The Bertz CT molecular complexity index is 1340. The van der Waals surface area contributed by atoms with Crippen LogP contribution in [-0.2, 0) is 16.1 Å². The fraction of sp³-hybridized carbons (Fsp3) is 0.500. The van der Waals surface area contributed by atoms with E-state index in [1.54, 1.807) is 49.5 Å². The molecule has 41 heavy (non-hydrogen) atoms. The summed E-state index contributed by atoms with van der Waals surface area (Å²) < 4.78 is 24.6. The monoisotopic (exact) mass is 564 g/mol. The number of rotatable bonds is 10. The molecule has 0 bridgehead atoms. The standard InChI is InChI=1S/C30H37FN6O4/c1-40-25-17-14-21(18-26(25)41-2)29-33-35-36(34-29)19-27(38)37(24-10-6-7-11-24)28(20-12-15-22(31)16-13-20)30(39)32-23-8-4-3-5-9-23/h12-18,23-24,28H,3-11,19H2,1-2H3,(H,32,39)/t28-/m0/s1. The van der Waals surface area contributed by atoms with Gasteiger partial charge >= 0.3 is 0 Å². The van der Waals surface area contributed by atoms with Crippen LogP contribution in [0.25, 0.3) is 11.4 Å². The number of nitrogens with zero attached hydrogens (tertiary/aromatic N) is 5. The predicted molar refractivity (Wildman–Crippen MR) is 150 cm³/mol. The van der Waals surface area contributed by atoms with E-state index in [1.165, 1.54) is 16.9 Å². The normalized spacial score (nSPS) is 16.8. The molecule has 10 nitrogen and oxygen atoms in total. The number of amides is 2. The van der Waals surface area contributed by atoms with Crippen molar-refractivity contribution in [2.24, 2.45) is 0 Å². The highest BCUT2D eigenvalue weighted by molar-refractivity contribution is 5.89. The van der Waals surface area contributed by atoms with E-state index in [0.29, 0.717) is 28.5 Å². The summed E-state index contributed by atoms with van der Waals surface area (Å²) in [5.41, 5.74) is 1.24. The zero-order valence-electron chi connectivity index (χ0n) is 23.6. The molecule has 1 aromatic heterocycles. The average Bonchev–Trinajstić information content (AvgIpc) is 3.69. The van der Waals surface area contributed by atoms with Gasteiger partial charge in [0, 0.05) is 17.6 Å². The summed E-state index contributed by atoms with van der Waals surface area (Å²) in [6.07, 6.45) is 8.66. The van der Waals surface area contributed by atoms with Gasteiger partial charge in [0.2, 0.25) is 17.6 Å². The molecule has 2 saturated carbocycles. The maximum absolute atomic E-state index is 14.0. The molecule has 218 valence electrons. The minimum atomic E-state index is -0.887. The highest BCUT2D eigenvalue weighted by Crippen LogP contribution is 2.33. The van der Waals surface area contributed by atoms with E-state index in [4.69, 9.17) is 9.47 Å². The number of carbonyl (C=O) groups excluding carboxylic acids is 2. The SMILES string of the molecule is COc1ccc(-c2nnn(CC(=O)N(C3CCCC3)[C@H](C(=O)NC3CCCCC3)c3ccc(F)cc3)n2)cc1OC. The van der Waals surface area contributed by atoms with Crippen LogP contribution in [0.15, 0.2) is 42.5 Å². The van der Waals surface area contributed by atoms with Crippen molar-refractivity contribution in [3.63, 3.8) is 0 Å². The lowest BCUT2D eigenvalue weighted by molar-refractivity contribution is -0.144. The number of ether oxygens (including phenoxy) is 2. The highest BCUT2D eigenvalue weighted by atomic mass is 19.1. The Morgan fingerprint density at radius 3 is 2.34 bits per heavy atom. The molecule has 0 radical (unpaired) electrons. The topological polar surface area (TPSA) is 111 Å². The Kier molecular flexibility index (Phi) is 9.11. The van der Waals surface area contributed by atoms with Crippen molar-refractivity contribution in [3.05, 3.63) is 53.8 Å². The molecule has 0 saturated heterocycles. The van der Waals surface area contributed by atoms with Crippen molar-refractivity contribution >= 4 is 11.8 Å². The zero-order valence-corrected chi connectivity index (χ0v) is 23.6. The molecule has 3 aromatic rings. The van der Waals surface area contributed by atoms with Gasteiger partial charge in [-0.1, -0.05) is 44.2 Å². The van der Waals surface area contributed by atoms with E-state index in [2.05, 4.69) is 20.7 Å². The third-order valence-corrected chi connectivity index (χ3v) is 8.04. The number of hydrogen-bond acceptors (Lipinski definition) is 7. The Morgan fingerprint density at radius 2 is 1.66 bits per heavy atom. The molecular formula is C30H37FN6O4. The molecule has 0 spiro atoms. The zero-order chi connectivity index (χ0) is 28.8. The molecule has 1 N–H and O–H groups in total. The van der Waals surface area contributed by atoms with Gasteiger partial charge < -0.3 is 19.7 Å². The lowest BCUT2D eigenvalue weighted by atomic mass is 9.94. The molecule has 2 amide bonds. The summed E-state index contributed by atoms with van der Waals surface area (Å²) in [7, 11) is 3.10. The Balaban J connectivity index is 1.42. The van der Waals surface area contributed by atoms with Crippen molar-refractivity contribution in [1.29, 1.82) is 0 Å². The first-order chi connectivity index (χ1) is 20.0. The molecule has 5 rings (SSSR count). The van der Waals surface area contributed by atoms with Crippen LogP contribution in [0.3, 0.4) is 0 Å². The summed E-state index contributed by atoms with van der Waals surface area (Å²) in [6.45, 7) is -0.189. The molecule has 2 fully saturated rings. The lowest BCUT2D eigenvalue weighted by Crippen LogP contribution is -2.51. The van der Waals surface area contributed by atoms with Gasteiger partial charge in [0.1, 0.15) is 18.4 Å². The fourth-order valence-corrected chi connectivity index (χ4v) is 5.96. The van der Waals surface area contributed by atoms with Crippen LogP contribution in [0.5, 0.6) is 11.5 Å². The Labute approximate surface area is 239 Å². The van der Waals surface area contributed by atoms with Crippen LogP contribution in [-0.4, -0.2) is 63.2 Å². The van der Waals surface area contributed by atoms with E-state index in [0.717, 1.165) is 57.8 Å². The number of nitrogens with one attached hydrogen (secondary N) is 1. The van der Waals surface area contributed by atoms with Crippen molar-refractivity contribution in [2.75, 3.05) is 14.2 Å². The summed E-state index contributed by atoms with van der Waals surface area (Å²) in [4.78, 5) is 30.8. The molecule has 1 heterocycles. The van der Waals surface area contributed by atoms with Gasteiger partial charge in [0.25, 0.3) is 0 Å². The summed E-state index contributed by atoms with van der Waals surface area (Å²) in [5.74, 6) is 0.507. The number of aromatic nitrogens is 4. The first kappa shape index (κ1) is 28.5. The van der Waals surface area contributed by atoms with Gasteiger partial charge in [-0.25, -0.2) is 4.39 Å². The van der Waals surface area contributed by atoms with Crippen LogP contribution >= 0.6 is 0 Å². The predicted octanol–water partition coefficient (Wildman–Crippen LogP) is 4.46. The highest BCUT2D eigenvalue weighted by Gasteiger charge is 2.38. The maximum atomic E-state index is 14.0. The van der Waals surface area contributed by atoms with E-state index >= 15 is 0 Å². The van der Waals surface area contributed by atoms with Crippen LogP contribution in [0.4, 0.5) is 4.39 Å². The molecule has 2 aliphatic rings. The van der Waals surface area contributed by atoms with Crippen molar-refractivity contribution in [2.45, 2.75) is 82.5 Å². The molecule has 2 aliphatic carbocycles. The van der Waals surface area contributed by atoms with Gasteiger partial charge in [-0.3, -0.25) is 9.59 Å². The van der Waals surface area contributed by atoms with Gasteiger partial charge in [0.15, 0.2) is 11.5 Å². The number of benzene rings is 2. The third-order valence-electron chi connectivity index (χ3n) is 8.04. The van der Waals surface area contributed by atoms with Crippen LogP contribution in [0.1, 0.15) is 69.4 Å². The van der Waals surface area contributed by atoms with E-state index < -0.39 is 11.9 Å². The third kappa shape index (κ3) is 6.66. The van der Waals surface area contributed by atoms with E-state index in [9.17, 15) is 14.0 Å². The number of tetrazole rings is 1. The second-order valence-electron chi connectivity index (χ2n) is 10.8. The Morgan fingerprint density at radius 1 is 0.976 bits per heavy atom. The van der Waals surface area contributed by atoms with Gasteiger partial charge in [-0.15, -0.1) is 10.2 Å². The number of hydrogen-bond donors (Lipinski definition) is 1. The maximum Gasteiger partial charge on any atom is 0.247 e. The van der Waals surface area contributed by atoms with Crippen LogP contribution in [0, 0.1) is 5.82 Å². The van der Waals surface area contributed by atoms with E-state index in [1.807, 2.05) is 0 Å². The second-order valence-corrected chi connectivity index (χ2v) is 10.8. The summed E-state index contributed by atoms with van der Waals surface area (Å²) >= 11 is 0. The molecular weight excluding hydrogens is 527 g/mol. The fourth-order valence-electron chi connectivity index (χ4n) is 5.96. The first-order valence-electron chi connectivity index (χ1n) is 14.3. The second kappa shape index (κ2) is 13.1. The molecule has 2 aromatic carbocycles. The molecule has 1 atom stereocenters. The molecule has 0 aliphatic heterocycles. The molecule has 0 unspecified atom stereocenters. The van der Waals surface area contributed by atoms with Crippen LogP contribution < -0.4 is 14.8 Å². The Hall–Kier alpha value is -4.02. The number of halogens is 1. The van der Waals surface area contributed by atoms with Gasteiger partial charge in [0.05, 0.1) is 14.2 Å².